The van der Waals surface area contributed by atoms with Crippen LogP contribution < -0.4 is 4.74 Å². The number of carbonyl (C=O) groups excluding carboxylic acids is 1. The molecule has 0 radical (unpaired) electrons. The average molecular weight is 299 g/mol. The molecule has 1 aromatic rings. The number of nitrogens with zero attached hydrogens (tertiary/aromatic N) is 1. The summed E-state index contributed by atoms with van der Waals surface area (Å²) in [6.07, 6.45) is -0.911. The topological polar surface area (TPSA) is 29.5 Å². The fraction of sp³-hybridized carbons (Fsp3) is 0.533. The van der Waals surface area contributed by atoms with Gasteiger partial charge in [-0.1, -0.05) is 12.1 Å². The van der Waals surface area contributed by atoms with Gasteiger partial charge in [-0.05, 0) is 42.9 Å². The molecule has 21 heavy (non-hydrogen) atoms. The molecule has 2 aliphatic rings. The summed E-state index contributed by atoms with van der Waals surface area (Å²) in [6, 6.07) is 6.25. The Labute approximate surface area is 120 Å². The molecule has 114 valence electrons. The first-order chi connectivity index (χ1) is 9.89. The fourth-order valence-corrected chi connectivity index (χ4v) is 3.63. The van der Waals surface area contributed by atoms with Crippen molar-refractivity contribution in [3.63, 3.8) is 0 Å². The summed E-state index contributed by atoms with van der Waals surface area (Å²) in [6.45, 7) is 1.54. The maximum Gasteiger partial charge on any atom is 0.573 e. The summed E-state index contributed by atoms with van der Waals surface area (Å²) >= 11 is 0. The molecule has 2 fully saturated rings. The highest BCUT2D eigenvalue weighted by atomic mass is 19.4. The van der Waals surface area contributed by atoms with Crippen LogP contribution in [-0.4, -0.2) is 30.8 Å². The molecule has 1 saturated heterocycles. The van der Waals surface area contributed by atoms with Crippen LogP contribution in [0.1, 0.15) is 30.7 Å². The van der Waals surface area contributed by atoms with Gasteiger partial charge in [-0.15, -0.1) is 13.2 Å². The lowest BCUT2D eigenvalue weighted by molar-refractivity contribution is -0.274. The molecule has 1 aromatic carbocycles. The predicted molar refractivity (Wildman–Crippen MR) is 69.8 cm³/mol. The maximum absolute atomic E-state index is 12.3. The minimum atomic E-state index is -4.66. The molecule has 0 aromatic heterocycles. The molecule has 1 saturated carbocycles. The highest BCUT2D eigenvalue weighted by molar-refractivity contribution is 5.49. The number of amides is 1. The predicted octanol–water partition coefficient (Wildman–Crippen LogP) is 3.31. The van der Waals surface area contributed by atoms with E-state index < -0.39 is 6.36 Å². The first-order valence-corrected chi connectivity index (χ1v) is 6.94. The Bertz CT molecular complexity index is 538. The summed E-state index contributed by atoms with van der Waals surface area (Å²) in [5, 5.41) is 0. The van der Waals surface area contributed by atoms with E-state index in [0.29, 0.717) is 0 Å². The van der Waals surface area contributed by atoms with Crippen LogP contribution in [0.3, 0.4) is 0 Å². The van der Waals surface area contributed by atoms with Gasteiger partial charge >= 0.3 is 6.36 Å². The van der Waals surface area contributed by atoms with Crippen molar-refractivity contribution in [1.82, 2.24) is 4.90 Å². The summed E-state index contributed by atoms with van der Waals surface area (Å²) in [5.74, 6) is 0.0830. The minimum absolute atomic E-state index is 0.163. The molecule has 0 bridgehead atoms. The Morgan fingerprint density at radius 2 is 2.10 bits per heavy atom. The van der Waals surface area contributed by atoms with Gasteiger partial charge in [-0.2, -0.15) is 0 Å². The third kappa shape index (κ3) is 2.99. The van der Waals surface area contributed by atoms with Crippen molar-refractivity contribution in [1.29, 1.82) is 0 Å². The van der Waals surface area contributed by atoms with E-state index in [9.17, 15) is 18.0 Å². The van der Waals surface area contributed by atoms with Gasteiger partial charge in [-0.25, -0.2) is 0 Å². The molecular formula is C15H16F3NO2. The minimum Gasteiger partial charge on any atom is -0.406 e. The van der Waals surface area contributed by atoms with E-state index >= 15 is 0 Å². The number of halogens is 3. The molecule has 1 heterocycles. The quantitative estimate of drug-likeness (QED) is 0.801. The van der Waals surface area contributed by atoms with E-state index in [1.54, 1.807) is 11.0 Å². The van der Waals surface area contributed by atoms with E-state index in [-0.39, 0.29) is 17.1 Å². The monoisotopic (exact) mass is 299 g/mol. The molecule has 0 N–H and O–H groups in total. The molecule has 1 atom stereocenters. The van der Waals surface area contributed by atoms with E-state index in [2.05, 4.69) is 4.74 Å². The van der Waals surface area contributed by atoms with Crippen LogP contribution in [0.5, 0.6) is 5.75 Å². The lowest BCUT2D eigenvalue weighted by Crippen LogP contribution is -2.54. The van der Waals surface area contributed by atoms with E-state index in [1.165, 1.54) is 12.1 Å². The lowest BCUT2D eigenvalue weighted by atomic mass is 9.77. The zero-order chi connectivity index (χ0) is 15.1. The van der Waals surface area contributed by atoms with Crippen LogP contribution in [0, 0.1) is 5.41 Å². The smallest absolute Gasteiger partial charge is 0.406 e. The number of alkyl halides is 3. The highest BCUT2D eigenvalue weighted by Gasteiger charge is 2.47. The zero-order valence-electron chi connectivity index (χ0n) is 11.4. The molecule has 1 aliphatic heterocycles. The average Bonchev–Trinajstić information content (AvgIpc) is 2.80. The van der Waals surface area contributed by atoms with E-state index in [0.717, 1.165) is 44.3 Å². The third-order valence-corrected chi connectivity index (χ3v) is 4.49. The van der Waals surface area contributed by atoms with Crippen molar-refractivity contribution >= 4 is 6.41 Å². The number of carbonyl (C=O) groups is 1. The van der Waals surface area contributed by atoms with Gasteiger partial charge in [0.15, 0.2) is 0 Å². The van der Waals surface area contributed by atoms with Crippen molar-refractivity contribution in [2.45, 2.75) is 31.5 Å². The van der Waals surface area contributed by atoms with Crippen LogP contribution in [0.4, 0.5) is 13.2 Å². The second-order valence-corrected chi connectivity index (χ2v) is 6.07. The van der Waals surface area contributed by atoms with Crippen LogP contribution in [0.15, 0.2) is 24.3 Å². The van der Waals surface area contributed by atoms with Crippen LogP contribution in [0.2, 0.25) is 0 Å². The van der Waals surface area contributed by atoms with Gasteiger partial charge in [0.25, 0.3) is 0 Å². The number of benzene rings is 1. The molecule has 1 aliphatic carbocycles. The second kappa shape index (κ2) is 4.93. The largest absolute Gasteiger partial charge is 0.573 e. The summed E-state index contributed by atoms with van der Waals surface area (Å²) in [4.78, 5) is 12.4. The Morgan fingerprint density at radius 3 is 2.76 bits per heavy atom. The highest BCUT2D eigenvalue weighted by Crippen LogP contribution is 2.51. The molecule has 1 spiro atoms. The van der Waals surface area contributed by atoms with Crippen LogP contribution in [0.25, 0.3) is 0 Å². The van der Waals surface area contributed by atoms with Crippen LogP contribution in [-0.2, 0) is 4.79 Å². The first-order valence-electron chi connectivity index (χ1n) is 6.94. The Hall–Kier alpha value is -1.72. The molecule has 6 heteroatoms. The van der Waals surface area contributed by atoms with Gasteiger partial charge in [0.2, 0.25) is 6.41 Å². The van der Waals surface area contributed by atoms with Gasteiger partial charge in [0.1, 0.15) is 5.75 Å². The Balaban J connectivity index is 1.68. The first kappa shape index (κ1) is 14.2. The zero-order valence-corrected chi connectivity index (χ0v) is 11.4. The number of rotatable bonds is 3. The molecular weight excluding hydrogens is 283 g/mol. The summed E-state index contributed by atoms with van der Waals surface area (Å²) in [5.41, 5.74) is 1.06. The number of ether oxygens (including phenoxy) is 1. The maximum atomic E-state index is 12.3. The molecule has 1 unspecified atom stereocenters. The normalized spacial score (nSPS) is 24.0. The fourth-order valence-electron chi connectivity index (χ4n) is 3.63. The van der Waals surface area contributed by atoms with Gasteiger partial charge in [0, 0.05) is 18.5 Å². The SMILES string of the molecule is O=CN1CC2(CCC(c3cccc(OC(F)(F)F)c3)C2)C1. The Kier molecular flexibility index (Phi) is 3.34. The van der Waals surface area contributed by atoms with Crippen molar-refractivity contribution in [2.75, 3.05) is 13.1 Å². The Morgan fingerprint density at radius 1 is 1.33 bits per heavy atom. The van der Waals surface area contributed by atoms with Gasteiger partial charge < -0.3 is 9.64 Å². The number of hydrogen-bond donors (Lipinski definition) is 0. The molecule has 1 amide bonds. The lowest BCUT2D eigenvalue weighted by Gasteiger charge is -2.46. The summed E-state index contributed by atoms with van der Waals surface area (Å²) < 4.78 is 40.7. The van der Waals surface area contributed by atoms with E-state index in [1.807, 2.05) is 6.07 Å². The van der Waals surface area contributed by atoms with Gasteiger partial charge in [-0.3, -0.25) is 4.79 Å². The van der Waals surface area contributed by atoms with Crippen molar-refractivity contribution in [2.24, 2.45) is 5.41 Å². The standard InChI is InChI=1S/C15H16F3NO2/c16-15(17,18)21-13-3-1-2-11(6-13)12-4-5-14(7-12)8-19(9-14)10-20/h1-3,6,10,12H,4-5,7-9H2. The molecule has 3 nitrogen and oxygen atoms in total. The number of hydrogen-bond acceptors (Lipinski definition) is 2. The van der Waals surface area contributed by atoms with Crippen LogP contribution >= 0.6 is 0 Å². The van der Waals surface area contributed by atoms with E-state index in [4.69, 9.17) is 0 Å². The summed E-state index contributed by atoms with van der Waals surface area (Å²) in [7, 11) is 0. The third-order valence-electron chi connectivity index (χ3n) is 4.49. The van der Waals surface area contributed by atoms with Crippen molar-refractivity contribution in [3.8, 4) is 5.75 Å². The number of likely N-dealkylation sites (tertiary alicyclic amines) is 1. The second-order valence-electron chi connectivity index (χ2n) is 6.07. The van der Waals surface area contributed by atoms with Gasteiger partial charge in [0.05, 0.1) is 0 Å². The van der Waals surface area contributed by atoms with Crippen molar-refractivity contribution < 1.29 is 22.7 Å². The molecule has 3 rings (SSSR count). The van der Waals surface area contributed by atoms with Crippen molar-refractivity contribution in [3.05, 3.63) is 29.8 Å².